The van der Waals surface area contributed by atoms with Crippen LogP contribution in [0.5, 0.6) is 5.75 Å². The highest BCUT2D eigenvalue weighted by atomic mass is 32.2. The molecule has 1 saturated heterocycles. The molecule has 1 aromatic heterocycles. The third-order valence-electron chi connectivity index (χ3n) is 3.34. The molecular weight excluding hydrogens is 321 g/mol. The van der Waals surface area contributed by atoms with Gasteiger partial charge in [0.15, 0.2) is 0 Å². The second-order valence-electron chi connectivity index (χ2n) is 5.03. The first-order valence-corrected chi connectivity index (χ1v) is 8.30. The predicted molar refractivity (Wildman–Crippen MR) is 81.6 cm³/mol. The molecule has 2 heterocycles. The molecule has 1 fully saturated rings. The molecule has 1 aliphatic rings. The van der Waals surface area contributed by atoms with Crippen LogP contribution in [0.4, 0.5) is 4.39 Å². The average Bonchev–Trinajstić information content (AvgIpc) is 3.16. The van der Waals surface area contributed by atoms with Crippen molar-refractivity contribution in [3.05, 3.63) is 36.0 Å². The lowest BCUT2D eigenvalue weighted by molar-refractivity contribution is -0.128. The van der Waals surface area contributed by atoms with Gasteiger partial charge in [0.1, 0.15) is 11.6 Å². The largest absolute Gasteiger partial charge is 0.493 e. The Labute approximate surface area is 137 Å². The van der Waals surface area contributed by atoms with Crippen LogP contribution in [0.1, 0.15) is 18.7 Å². The molecule has 6 nitrogen and oxygen atoms in total. The number of carbonyl (C=O) groups is 1. The van der Waals surface area contributed by atoms with Crippen LogP contribution in [-0.2, 0) is 11.3 Å². The lowest BCUT2D eigenvalue weighted by Gasteiger charge is -2.11. The van der Waals surface area contributed by atoms with Gasteiger partial charge in [-0.3, -0.25) is 4.79 Å². The first-order chi connectivity index (χ1) is 11.2. The Morgan fingerprint density at radius 1 is 1.30 bits per heavy atom. The van der Waals surface area contributed by atoms with E-state index < -0.39 is 0 Å². The van der Waals surface area contributed by atoms with Crippen LogP contribution in [0, 0.1) is 5.82 Å². The number of hydrogen-bond donors (Lipinski definition) is 0. The lowest BCUT2D eigenvalue weighted by atomic mass is 10.3. The Kier molecular flexibility index (Phi) is 5.12. The van der Waals surface area contributed by atoms with Crippen LogP contribution in [0.2, 0.25) is 0 Å². The summed E-state index contributed by atoms with van der Waals surface area (Å²) < 4.78 is 23.7. The van der Waals surface area contributed by atoms with E-state index in [9.17, 15) is 9.18 Å². The fraction of sp³-hybridized carbons (Fsp3) is 0.400. The fourth-order valence-corrected chi connectivity index (χ4v) is 2.81. The van der Waals surface area contributed by atoms with E-state index >= 15 is 0 Å². The van der Waals surface area contributed by atoms with Crippen molar-refractivity contribution in [1.29, 1.82) is 0 Å². The number of aromatic nitrogens is 2. The number of nitrogens with zero attached hydrogens (tertiary/aromatic N) is 3. The highest BCUT2D eigenvalue weighted by Crippen LogP contribution is 2.19. The van der Waals surface area contributed by atoms with Gasteiger partial charge in [-0.05, 0) is 30.7 Å². The smallest absolute Gasteiger partial charge is 0.276 e. The number of rotatable bonds is 7. The van der Waals surface area contributed by atoms with Crippen molar-refractivity contribution in [2.45, 2.75) is 24.6 Å². The van der Waals surface area contributed by atoms with Gasteiger partial charge in [0.25, 0.3) is 5.22 Å². The van der Waals surface area contributed by atoms with Gasteiger partial charge < -0.3 is 14.1 Å². The van der Waals surface area contributed by atoms with Crippen molar-refractivity contribution >= 4 is 17.7 Å². The topological polar surface area (TPSA) is 68.5 Å². The van der Waals surface area contributed by atoms with Crippen LogP contribution < -0.4 is 4.74 Å². The maximum atomic E-state index is 12.8. The van der Waals surface area contributed by atoms with Gasteiger partial charge >= 0.3 is 0 Å². The molecule has 0 saturated carbocycles. The van der Waals surface area contributed by atoms with Crippen molar-refractivity contribution in [2.75, 3.05) is 18.9 Å². The summed E-state index contributed by atoms with van der Waals surface area (Å²) in [4.78, 5) is 13.3. The summed E-state index contributed by atoms with van der Waals surface area (Å²) in [6.45, 7) is 1.56. The maximum Gasteiger partial charge on any atom is 0.276 e. The van der Waals surface area contributed by atoms with Crippen LogP contribution in [0.15, 0.2) is 33.9 Å². The number of benzene rings is 1. The molecule has 0 spiro atoms. The van der Waals surface area contributed by atoms with E-state index in [2.05, 4.69) is 10.2 Å². The van der Waals surface area contributed by atoms with Gasteiger partial charge in [-0.1, -0.05) is 11.8 Å². The van der Waals surface area contributed by atoms with E-state index in [1.165, 1.54) is 23.9 Å². The van der Waals surface area contributed by atoms with Crippen molar-refractivity contribution in [3.8, 4) is 5.75 Å². The minimum atomic E-state index is -0.290. The average molecular weight is 337 g/mol. The molecule has 2 aromatic rings. The summed E-state index contributed by atoms with van der Waals surface area (Å²) in [5.74, 6) is 1.53. The quantitative estimate of drug-likeness (QED) is 0.571. The minimum Gasteiger partial charge on any atom is -0.493 e. The van der Waals surface area contributed by atoms with Gasteiger partial charge in [-0.2, -0.15) is 0 Å². The molecule has 1 aliphatic heterocycles. The third-order valence-corrected chi connectivity index (χ3v) is 4.12. The molecule has 23 heavy (non-hydrogen) atoms. The Hall–Kier alpha value is -2.09. The Morgan fingerprint density at radius 2 is 2.13 bits per heavy atom. The molecule has 1 amide bonds. The van der Waals surface area contributed by atoms with Gasteiger partial charge in [-0.15, -0.1) is 10.2 Å². The zero-order valence-corrected chi connectivity index (χ0v) is 13.2. The molecule has 0 aliphatic carbocycles. The van der Waals surface area contributed by atoms with Crippen molar-refractivity contribution in [3.63, 3.8) is 0 Å². The predicted octanol–water partition coefficient (Wildman–Crippen LogP) is 2.50. The Bertz CT molecular complexity index is 662. The van der Waals surface area contributed by atoms with E-state index in [1.54, 1.807) is 17.0 Å². The minimum absolute atomic E-state index is 0.130. The highest BCUT2D eigenvalue weighted by Gasteiger charge is 2.22. The normalized spacial score (nSPS) is 14.5. The fourth-order valence-electron chi connectivity index (χ4n) is 2.21. The number of carbonyl (C=O) groups excluding carboxylic acids is 1. The van der Waals surface area contributed by atoms with Crippen molar-refractivity contribution < 1.29 is 18.3 Å². The SMILES string of the molecule is O=C1CCCN1Cc1nnc(SCCOc2ccc(F)cc2)o1. The molecule has 0 radical (unpaired) electrons. The van der Waals surface area contributed by atoms with Crippen LogP contribution >= 0.6 is 11.8 Å². The van der Waals surface area contributed by atoms with Gasteiger partial charge in [-0.25, -0.2) is 4.39 Å². The first kappa shape index (κ1) is 15.8. The van der Waals surface area contributed by atoms with E-state index in [0.29, 0.717) is 42.2 Å². The lowest BCUT2D eigenvalue weighted by Crippen LogP contribution is -2.23. The van der Waals surface area contributed by atoms with Crippen molar-refractivity contribution in [1.82, 2.24) is 15.1 Å². The molecule has 0 unspecified atom stereocenters. The first-order valence-electron chi connectivity index (χ1n) is 7.32. The summed E-state index contributed by atoms with van der Waals surface area (Å²) in [5.41, 5.74) is 0. The van der Waals surface area contributed by atoms with E-state index in [4.69, 9.17) is 9.15 Å². The summed E-state index contributed by atoms with van der Waals surface area (Å²) in [6.07, 6.45) is 1.48. The van der Waals surface area contributed by atoms with Crippen LogP contribution in [0.3, 0.4) is 0 Å². The zero-order valence-electron chi connectivity index (χ0n) is 12.4. The molecule has 3 rings (SSSR count). The van der Waals surface area contributed by atoms with E-state index in [-0.39, 0.29) is 11.7 Å². The summed E-state index contributed by atoms with van der Waals surface area (Å²) in [5, 5.41) is 8.34. The number of amides is 1. The van der Waals surface area contributed by atoms with Gasteiger partial charge in [0.05, 0.1) is 13.2 Å². The Balaban J connectivity index is 1.40. The van der Waals surface area contributed by atoms with Gasteiger partial charge in [0, 0.05) is 18.7 Å². The molecule has 1 aromatic carbocycles. The van der Waals surface area contributed by atoms with E-state index in [0.717, 1.165) is 13.0 Å². The standard InChI is InChI=1S/C15H16FN3O3S/c16-11-3-5-12(6-4-11)21-8-9-23-15-18-17-13(22-15)10-19-7-1-2-14(19)20/h3-6H,1-2,7-10H2. The number of ether oxygens (including phenoxy) is 1. The summed E-state index contributed by atoms with van der Waals surface area (Å²) in [7, 11) is 0. The number of likely N-dealkylation sites (tertiary alicyclic amines) is 1. The van der Waals surface area contributed by atoms with Crippen molar-refractivity contribution in [2.24, 2.45) is 0 Å². The summed E-state index contributed by atoms with van der Waals surface area (Å²) in [6, 6.07) is 5.87. The monoisotopic (exact) mass is 337 g/mol. The Morgan fingerprint density at radius 3 is 2.87 bits per heavy atom. The van der Waals surface area contributed by atoms with Gasteiger partial charge in [0.2, 0.25) is 11.8 Å². The molecule has 0 bridgehead atoms. The number of thioether (sulfide) groups is 1. The molecule has 0 N–H and O–H groups in total. The van der Waals surface area contributed by atoms with Crippen LogP contribution in [-0.4, -0.2) is 39.9 Å². The molecule has 0 atom stereocenters. The number of hydrogen-bond acceptors (Lipinski definition) is 6. The second kappa shape index (κ2) is 7.45. The highest BCUT2D eigenvalue weighted by molar-refractivity contribution is 7.99. The summed E-state index contributed by atoms with van der Waals surface area (Å²) >= 11 is 1.38. The molecule has 8 heteroatoms. The zero-order chi connectivity index (χ0) is 16.1. The maximum absolute atomic E-state index is 12.8. The molecular formula is C15H16FN3O3S. The second-order valence-corrected chi connectivity index (χ2v) is 6.08. The van der Waals surface area contributed by atoms with Crippen LogP contribution in [0.25, 0.3) is 0 Å². The number of halogens is 1. The third kappa shape index (κ3) is 4.44. The van der Waals surface area contributed by atoms with E-state index in [1.807, 2.05) is 0 Å². The molecule has 122 valence electrons.